The van der Waals surface area contributed by atoms with Crippen molar-refractivity contribution < 1.29 is 19.4 Å². The minimum absolute atomic E-state index is 0.0132. The molecule has 4 aromatic rings. The topological polar surface area (TPSA) is 92.6 Å². The molecule has 1 saturated heterocycles. The third kappa shape index (κ3) is 4.26. The second kappa shape index (κ2) is 9.48. The number of nitrogens with zero attached hydrogens (tertiary/aromatic N) is 3. The van der Waals surface area contributed by atoms with Gasteiger partial charge in [-0.2, -0.15) is 0 Å². The minimum Gasteiger partial charge on any atom is -0.507 e. The molecule has 2 aromatic carbocycles. The van der Waals surface area contributed by atoms with Crippen molar-refractivity contribution in [2.75, 3.05) is 11.5 Å². The fraction of sp³-hybridized carbons (Fsp3) is 0.154. The number of aliphatic hydroxyl groups excluding tert-OH is 1. The predicted molar refractivity (Wildman–Crippen MR) is 136 cm³/mol. The highest BCUT2D eigenvalue weighted by Crippen LogP contribution is 2.44. The van der Waals surface area contributed by atoms with Crippen LogP contribution in [0.4, 0.5) is 5.13 Å². The van der Waals surface area contributed by atoms with E-state index in [0.717, 1.165) is 11.1 Å². The number of ether oxygens (including phenoxy) is 1. The normalized spacial score (nSPS) is 17.3. The zero-order chi connectivity index (χ0) is 24.5. The Hall–Kier alpha value is -3.75. The lowest BCUT2D eigenvalue weighted by Crippen LogP contribution is -2.29. The van der Waals surface area contributed by atoms with Crippen LogP contribution in [0.3, 0.4) is 0 Å². The molecule has 1 unspecified atom stereocenters. The number of rotatable bonds is 6. The molecule has 1 atom stereocenters. The van der Waals surface area contributed by atoms with E-state index in [1.54, 1.807) is 67.0 Å². The van der Waals surface area contributed by atoms with E-state index in [0.29, 0.717) is 39.2 Å². The summed E-state index contributed by atoms with van der Waals surface area (Å²) in [7, 11) is 0. The lowest BCUT2D eigenvalue weighted by Gasteiger charge is -2.22. The monoisotopic (exact) mass is 505 g/mol. The molecule has 1 N–H and O–H groups in total. The molecule has 7 nitrogen and oxygen atoms in total. The molecular formula is C26H20ClN3O4S. The Balaban J connectivity index is 1.64. The molecule has 0 aliphatic carbocycles. The van der Waals surface area contributed by atoms with Crippen LogP contribution in [0.2, 0.25) is 5.02 Å². The molecule has 9 heteroatoms. The largest absolute Gasteiger partial charge is 0.507 e. The molecule has 0 spiro atoms. The first kappa shape index (κ1) is 23.0. The van der Waals surface area contributed by atoms with E-state index in [2.05, 4.69) is 9.97 Å². The molecule has 1 aliphatic rings. The van der Waals surface area contributed by atoms with Gasteiger partial charge in [0.2, 0.25) is 0 Å². The van der Waals surface area contributed by atoms with E-state index < -0.39 is 17.7 Å². The van der Waals surface area contributed by atoms with Crippen LogP contribution >= 0.6 is 22.9 Å². The van der Waals surface area contributed by atoms with Crippen molar-refractivity contribution in [2.24, 2.45) is 0 Å². The number of thiazole rings is 1. The quantitative estimate of drug-likeness (QED) is 0.203. The van der Waals surface area contributed by atoms with Gasteiger partial charge < -0.3 is 9.84 Å². The second-order valence-corrected chi connectivity index (χ2v) is 9.38. The summed E-state index contributed by atoms with van der Waals surface area (Å²) in [6.45, 7) is 2.59. The highest BCUT2D eigenvalue weighted by Gasteiger charge is 2.48. The molecule has 1 fully saturated rings. The van der Waals surface area contributed by atoms with Crippen molar-refractivity contribution in [1.29, 1.82) is 0 Å². The Morgan fingerprint density at radius 3 is 2.57 bits per heavy atom. The Bertz CT molecular complexity index is 1450. The summed E-state index contributed by atoms with van der Waals surface area (Å²) in [5.74, 6) is -1.16. The van der Waals surface area contributed by atoms with E-state index >= 15 is 0 Å². The van der Waals surface area contributed by atoms with Crippen molar-refractivity contribution in [1.82, 2.24) is 9.97 Å². The fourth-order valence-electron chi connectivity index (χ4n) is 3.96. The van der Waals surface area contributed by atoms with Crippen molar-refractivity contribution >= 4 is 55.7 Å². The van der Waals surface area contributed by atoms with E-state index in [4.69, 9.17) is 16.3 Å². The third-order valence-electron chi connectivity index (χ3n) is 5.61. The fourth-order valence-corrected chi connectivity index (χ4v) is 5.23. The Kier molecular flexibility index (Phi) is 6.23. The number of amides is 1. The second-order valence-electron chi connectivity index (χ2n) is 7.93. The first-order valence-electron chi connectivity index (χ1n) is 11.0. The maximum absolute atomic E-state index is 13.3. The Labute approximate surface area is 210 Å². The smallest absolute Gasteiger partial charge is 0.301 e. The van der Waals surface area contributed by atoms with Crippen LogP contribution in [0.25, 0.3) is 16.0 Å². The van der Waals surface area contributed by atoms with Gasteiger partial charge in [0.05, 0.1) is 28.4 Å². The van der Waals surface area contributed by atoms with Gasteiger partial charge in [-0.3, -0.25) is 19.5 Å². The van der Waals surface area contributed by atoms with E-state index in [1.165, 1.54) is 16.2 Å². The number of hydrogen-bond acceptors (Lipinski definition) is 7. The van der Waals surface area contributed by atoms with Gasteiger partial charge in [-0.15, -0.1) is 0 Å². The number of ketones is 1. The van der Waals surface area contributed by atoms with Gasteiger partial charge in [0.1, 0.15) is 11.5 Å². The molecule has 0 saturated carbocycles. The van der Waals surface area contributed by atoms with Crippen molar-refractivity contribution in [3.63, 3.8) is 0 Å². The van der Waals surface area contributed by atoms with Crippen LogP contribution in [-0.4, -0.2) is 33.4 Å². The number of benzene rings is 2. The summed E-state index contributed by atoms with van der Waals surface area (Å²) in [5.41, 5.74) is 1.68. The number of carbonyl (C=O) groups is 2. The lowest BCUT2D eigenvalue weighted by molar-refractivity contribution is -0.132. The van der Waals surface area contributed by atoms with Gasteiger partial charge in [-0.1, -0.05) is 29.9 Å². The molecule has 0 bridgehead atoms. The van der Waals surface area contributed by atoms with E-state index in [9.17, 15) is 14.7 Å². The van der Waals surface area contributed by atoms with Gasteiger partial charge >= 0.3 is 5.91 Å². The maximum atomic E-state index is 13.3. The molecule has 2 aromatic heterocycles. The molecule has 176 valence electrons. The summed E-state index contributed by atoms with van der Waals surface area (Å²) >= 11 is 7.38. The molecule has 35 heavy (non-hydrogen) atoms. The van der Waals surface area contributed by atoms with Crippen molar-refractivity contribution in [3.05, 3.63) is 88.7 Å². The third-order valence-corrected chi connectivity index (χ3v) is 6.86. The van der Waals surface area contributed by atoms with Gasteiger partial charge in [0, 0.05) is 23.0 Å². The van der Waals surface area contributed by atoms with Gasteiger partial charge in [-0.25, -0.2) is 4.98 Å². The van der Waals surface area contributed by atoms with Crippen LogP contribution < -0.4 is 9.64 Å². The number of aliphatic hydroxyl groups is 1. The van der Waals surface area contributed by atoms with Gasteiger partial charge in [-0.05, 0) is 66.6 Å². The summed E-state index contributed by atoms with van der Waals surface area (Å²) in [5, 5.41) is 12.1. The number of carbonyl (C=O) groups excluding carboxylic acids is 2. The first-order chi connectivity index (χ1) is 17.0. The Morgan fingerprint density at radius 2 is 1.86 bits per heavy atom. The minimum atomic E-state index is -0.870. The van der Waals surface area contributed by atoms with Crippen LogP contribution in [0.5, 0.6) is 5.75 Å². The highest BCUT2D eigenvalue weighted by atomic mass is 35.5. The zero-order valence-corrected chi connectivity index (χ0v) is 20.2. The van der Waals surface area contributed by atoms with Crippen LogP contribution in [0, 0.1) is 0 Å². The van der Waals surface area contributed by atoms with Crippen molar-refractivity contribution in [2.45, 2.75) is 19.4 Å². The zero-order valence-electron chi connectivity index (χ0n) is 18.6. The van der Waals surface area contributed by atoms with Gasteiger partial charge in [0.25, 0.3) is 5.78 Å². The average Bonchev–Trinajstić information content (AvgIpc) is 3.40. The Morgan fingerprint density at radius 1 is 1.11 bits per heavy atom. The number of aromatic nitrogens is 2. The number of hydrogen-bond donors (Lipinski definition) is 1. The molecular weight excluding hydrogens is 486 g/mol. The molecule has 0 radical (unpaired) electrons. The predicted octanol–water partition coefficient (Wildman–Crippen LogP) is 5.76. The maximum Gasteiger partial charge on any atom is 0.301 e. The SMILES string of the molecule is CCCOc1ccc(/C(O)=C2\C(=O)C(=O)N(c3nc4ccc(Cl)cc4s3)C2c2ccncc2)cc1. The molecule has 3 heterocycles. The first-order valence-corrected chi connectivity index (χ1v) is 12.2. The summed E-state index contributed by atoms with van der Waals surface area (Å²) in [6, 6.07) is 14.6. The number of fused-ring (bicyclic) bond motifs is 1. The summed E-state index contributed by atoms with van der Waals surface area (Å²) in [4.78, 5) is 36.5. The van der Waals surface area contributed by atoms with Crippen molar-refractivity contribution in [3.8, 4) is 5.75 Å². The number of pyridine rings is 1. The van der Waals surface area contributed by atoms with Gasteiger partial charge in [0.15, 0.2) is 5.13 Å². The van der Waals surface area contributed by atoms with Crippen LogP contribution in [0.15, 0.2) is 72.6 Å². The number of Topliss-reactive ketones (excluding diaryl/α,β-unsaturated/α-hetero) is 1. The number of halogens is 1. The average molecular weight is 506 g/mol. The van der Waals surface area contributed by atoms with Crippen LogP contribution in [0.1, 0.15) is 30.5 Å². The number of anilines is 1. The summed E-state index contributed by atoms with van der Waals surface area (Å²) in [6.07, 6.45) is 4.02. The van der Waals surface area contributed by atoms with Crippen LogP contribution in [-0.2, 0) is 9.59 Å². The molecule has 5 rings (SSSR count). The lowest BCUT2D eigenvalue weighted by atomic mass is 9.96. The molecule has 1 aliphatic heterocycles. The van der Waals surface area contributed by atoms with E-state index in [-0.39, 0.29) is 11.3 Å². The van der Waals surface area contributed by atoms with E-state index in [1.807, 2.05) is 6.92 Å². The standard InChI is InChI=1S/C26H20ClN3O4S/c1-2-13-34-18-6-3-16(4-7-18)23(31)21-22(15-9-11-28-12-10-15)30(25(33)24(21)32)26-29-19-8-5-17(27)14-20(19)35-26/h3-12,14,22,31H,2,13H2,1H3/b23-21+. The summed E-state index contributed by atoms with van der Waals surface area (Å²) < 4.78 is 6.39. The molecule has 1 amide bonds. The highest BCUT2D eigenvalue weighted by molar-refractivity contribution is 7.22.